The number of hydrogen-bond acceptors (Lipinski definition) is 2. The van der Waals surface area contributed by atoms with Crippen LogP contribution in [0.3, 0.4) is 0 Å². The van der Waals surface area contributed by atoms with E-state index in [1.807, 2.05) is 6.92 Å². The first-order valence-electron chi connectivity index (χ1n) is 4.78. The van der Waals surface area contributed by atoms with Gasteiger partial charge in [0.1, 0.15) is 5.75 Å². The Hall–Kier alpha value is -1.60. The third kappa shape index (κ3) is 3.87. The van der Waals surface area contributed by atoms with Gasteiger partial charge in [0, 0.05) is 6.42 Å². The number of ether oxygens (including phenoxy) is 1. The maximum Gasteiger partial charge on any atom is 0.387 e. The van der Waals surface area contributed by atoms with E-state index in [0.717, 1.165) is 5.56 Å². The van der Waals surface area contributed by atoms with E-state index in [0.29, 0.717) is 12.0 Å². The van der Waals surface area contributed by atoms with Gasteiger partial charge in [0.25, 0.3) is 0 Å². The average molecular weight is 226 g/mol. The van der Waals surface area contributed by atoms with E-state index >= 15 is 0 Å². The van der Waals surface area contributed by atoms with Crippen molar-refractivity contribution in [1.29, 1.82) is 0 Å². The molecule has 0 spiro atoms. The Morgan fingerprint density at radius 2 is 2.19 bits per heavy atom. The minimum Gasteiger partial charge on any atom is -0.434 e. The largest absolute Gasteiger partial charge is 0.434 e. The van der Waals surface area contributed by atoms with Crippen LogP contribution < -0.4 is 4.74 Å². The number of aliphatic hydroxyl groups is 1. The highest BCUT2D eigenvalue weighted by molar-refractivity contribution is 5.48. The predicted octanol–water partition coefficient (Wildman–Crippen LogP) is 2.33. The molecule has 0 aromatic heterocycles. The predicted molar refractivity (Wildman–Crippen MR) is 56.4 cm³/mol. The Balaban J connectivity index is 2.95. The highest BCUT2D eigenvalue weighted by Crippen LogP contribution is 2.21. The zero-order valence-corrected chi connectivity index (χ0v) is 8.84. The topological polar surface area (TPSA) is 29.5 Å². The molecule has 1 aromatic carbocycles. The van der Waals surface area contributed by atoms with Crippen molar-refractivity contribution in [1.82, 2.24) is 0 Å². The lowest BCUT2D eigenvalue weighted by molar-refractivity contribution is -0.0500. The molecule has 0 radical (unpaired) electrons. The minimum atomic E-state index is -2.86. The molecule has 86 valence electrons. The molecule has 0 atom stereocenters. The van der Waals surface area contributed by atoms with Crippen LogP contribution in [0.25, 0.3) is 0 Å². The van der Waals surface area contributed by atoms with Crippen molar-refractivity contribution in [3.63, 3.8) is 0 Å². The number of aliphatic hydroxyl groups excluding tert-OH is 1. The van der Waals surface area contributed by atoms with Gasteiger partial charge in [-0.3, -0.25) is 0 Å². The Kier molecular flexibility index (Phi) is 4.74. The molecule has 1 rings (SSSR count). The molecule has 16 heavy (non-hydrogen) atoms. The van der Waals surface area contributed by atoms with Gasteiger partial charge in [0.2, 0.25) is 0 Å². The summed E-state index contributed by atoms with van der Waals surface area (Å²) in [5.41, 5.74) is 1.32. The zero-order valence-electron chi connectivity index (χ0n) is 8.84. The molecule has 0 heterocycles. The summed E-state index contributed by atoms with van der Waals surface area (Å²) < 4.78 is 28.5. The normalized spacial score (nSPS) is 9.81. The van der Waals surface area contributed by atoms with E-state index in [2.05, 4.69) is 16.6 Å². The molecule has 0 saturated heterocycles. The molecule has 0 fully saturated rings. The Bertz CT molecular complexity index is 405. The molecular formula is C12H12F2O2. The average Bonchev–Trinajstić information content (AvgIpc) is 2.22. The van der Waals surface area contributed by atoms with Gasteiger partial charge < -0.3 is 9.84 Å². The summed E-state index contributed by atoms with van der Waals surface area (Å²) in [6.45, 7) is -1.08. The van der Waals surface area contributed by atoms with Gasteiger partial charge in [-0.2, -0.15) is 8.78 Å². The van der Waals surface area contributed by atoms with Crippen LogP contribution in [0.15, 0.2) is 18.2 Å². The fraction of sp³-hybridized carbons (Fsp3) is 0.333. The van der Waals surface area contributed by atoms with Crippen LogP contribution in [-0.4, -0.2) is 18.3 Å². The van der Waals surface area contributed by atoms with Crippen molar-refractivity contribution >= 4 is 0 Å². The molecule has 0 aliphatic rings. The summed E-state index contributed by atoms with van der Waals surface area (Å²) in [5.74, 6) is 5.42. The fourth-order valence-corrected chi connectivity index (χ4v) is 1.15. The first-order chi connectivity index (χ1) is 7.63. The second kappa shape index (κ2) is 6.09. The molecule has 0 aliphatic heterocycles. The van der Waals surface area contributed by atoms with Gasteiger partial charge in [0.05, 0.1) is 12.2 Å². The quantitative estimate of drug-likeness (QED) is 0.801. The molecule has 0 aliphatic carbocycles. The van der Waals surface area contributed by atoms with E-state index in [9.17, 15) is 8.78 Å². The number of rotatable bonds is 3. The Morgan fingerprint density at radius 3 is 2.81 bits per heavy atom. The standard InChI is InChI=1S/C12H12F2O2/c1-9-5-6-11(16-12(13)14)10(8-9)4-2-3-7-15/h5-6,8,12,15H,3,7H2,1H3. The lowest BCUT2D eigenvalue weighted by Crippen LogP contribution is -2.03. The van der Waals surface area contributed by atoms with Crippen molar-refractivity contribution in [2.24, 2.45) is 0 Å². The lowest BCUT2D eigenvalue weighted by atomic mass is 10.1. The monoisotopic (exact) mass is 226 g/mol. The molecule has 1 aromatic rings. The Morgan fingerprint density at radius 1 is 1.44 bits per heavy atom. The second-order valence-corrected chi connectivity index (χ2v) is 3.15. The number of alkyl halides is 2. The van der Waals surface area contributed by atoms with Crippen molar-refractivity contribution < 1.29 is 18.6 Å². The molecule has 0 unspecified atom stereocenters. The van der Waals surface area contributed by atoms with Crippen LogP contribution in [0.2, 0.25) is 0 Å². The number of hydrogen-bond donors (Lipinski definition) is 1. The smallest absolute Gasteiger partial charge is 0.387 e. The molecular weight excluding hydrogens is 214 g/mol. The van der Waals surface area contributed by atoms with Crippen molar-refractivity contribution in [2.75, 3.05) is 6.61 Å². The van der Waals surface area contributed by atoms with Crippen LogP contribution >= 0.6 is 0 Å². The Labute approximate surface area is 92.9 Å². The summed E-state index contributed by atoms with van der Waals surface area (Å²) in [7, 11) is 0. The van der Waals surface area contributed by atoms with E-state index in [1.165, 1.54) is 6.07 Å². The van der Waals surface area contributed by atoms with Crippen molar-refractivity contribution in [2.45, 2.75) is 20.0 Å². The van der Waals surface area contributed by atoms with Gasteiger partial charge >= 0.3 is 6.61 Å². The first-order valence-corrected chi connectivity index (χ1v) is 4.78. The van der Waals surface area contributed by atoms with Gasteiger partial charge in [-0.1, -0.05) is 17.9 Å². The summed E-state index contributed by atoms with van der Waals surface area (Å²) in [5, 5.41) is 8.56. The third-order valence-corrected chi connectivity index (χ3v) is 1.81. The highest BCUT2D eigenvalue weighted by Gasteiger charge is 2.07. The minimum absolute atomic E-state index is 0.0517. The summed E-state index contributed by atoms with van der Waals surface area (Å²) in [4.78, 5) is 0. The highest BCUT2D eigenvalue weighted by atomic mass is 19.3. The van der Waals surface area contributed by atoms with Gasteiger partial charge in [-0.25, -0.2) is 0 Å². The SMILES string of the molecule is Cc1ccc(OC(F)F)c(C#CCCO)c1. The van der Waals surface area contributed by atoms with E-state index < -0.39 is 6.61 Å². The van der Waals surface area contributed by atoms with Gasteiger partial charge in [0.15, 0.2) is 0 Å². The number of benzene rings is 1. The van der Waals surface area contributed by atoms with Crippen LogP contribution in [0.1, 0.15) is 17.5 Å². The second-order valence-electron chi connectivity index (χ2n) is 3.15. The first kappa shape index (κ1) is 12.5. The van der Waals surface area contributed by atoms with Crippen LogP contribution in [-0.2, 0) is 0 Å². The summed E-state index contributed by atoms with van der Waals surface area (Å²) in [6.07, 6.45) is 0.308. The summed E-state index contributed by atoms with van der Waals surface area (Å²) >= 11 is 0. The molecule has 2 nitrogen and oxygen atoms in total. The van der Waals surface area contributed by atoms with Crippen molar-refractivity contribution in [3.8, 4) is 17.6 Å². The maximum absolute atomic E-state index is 12.1. The van der Waals surface area contributed by atoms with Gasteiger partial charge in [-0.15, -0.1) is 0 Å². The molecule has 4 heteroatoms. The van der Waals surface area contributed by atoms with Crippen LogP contribution in [0, 0.1) is 18.8 Å². The lowest BCUT2D eigenvalue weighted by Gasteiger charge is -2.07. The zero-order chi connectivity index (χ0) is 12.0. The van der Waals surface area contributed by atoms with Crippen LogP contribution in [0.5, 0.6) is 5.75 Å². The summed E-state index contributed by atoms with van der Waals surface area (Å²) in [6, 6.07) is 4.81. The van der Waals surface area contributed by atoms with Crippen LogP contribution in [0.4, 0.5) is 8.78 Å². The maximum atomic E-state index is 12.1. The van der Waals surface area contributed by atoms with E-state index in [4.69, 9.17) is 5.11 Å². The van der Waals surface area contributed by atoms with E-state index in [-0.39, 0.29) is 12.4 Å². The third-order valence-electron chi connectivity index (χ3n) is 1.81. The molecule has 0 amide bonds. The number of aryl methyl sites for hydroxylation is 1. The fourth-order valence-electron chi connectivity index (χ4n) is 1.15. The van der Waals surface area contributed by atoms with Crippen molar-refractivity contribution in [3.05, 3.63) is 29.3 Å². The molecule has 0 bridgehead atoms. The van der Waals surface area contributed by atoms with E-state index in [1.54, 1.807) is 12.1 Å². The van der Waals surface area contributed by atoms with Gasteiger partial charge in [-0.05, 0) is 24.6 Å². The molecule has 1 N–H and O–H groups in total. The number of halogens is 2. The molecule has 0 saturated carbocycles.